The van der Waals surface area contributed by atoms with Gasteiger partial charge in [0.1, 0.15) is 28.6 Å². The Balaban J connectivity index is 1.57. The van der Waals surface area contributed by atoms with Crippen LogP contribution in [0, 0.1) is 0 Å². The zero-order valence-electron chi connectivity index (χ0n) is 17.2. The highest BCUT2D eigenvalue weighted by Gasteiger charge is 2.15. The van der Waals surface area contributed by atoms with Gasteiger partial charge in [-0.25, -0.2) is 4.79 Å². The maximum atomic E-state index is 12.7. The molecule has 0 bridgehead atoms. The van der Waals surface area contributed by atoms with Gasteiger partial charge in [-0.1, -0.05) is 16.8 Å². The van der Waals surface area contributed by atoms with Crippen molar-refractivity contribution in [2.24, 2.45) is 0 Å². The highest BCUT2D eigenvalue weighted by Crippen LogP contribution is 2.33. The molecule has 2 aromatic heterocycles. The molecule has 0 aliphatic rings. The Morgan fingerprint density at radius 2 is 1.81 bits per heavy atom. The van der Waals surface area contributed by atoms with Crippen molar-refractivity contribution in [3.05, 3.63) is 69.9 Å². The molecule has 164 valence electrons. The minimum absolute atomic E-state index is 0.0715. The summed E-state index contributed by atoms with van der Waals surface area (Å²) >= 11 is 5.69. The molecule has 0 N–H and O–H groups in total. The van der Waals surface area contributed by atoms with Gasteiger partial charge in [-0.15, -0.1) is 0 Å². The molecule has 4 aromatic rings. The number of benzene rings is 2. The number of aromatic nitrogens is 1. The third-order valence-corrected chi connectivity index (χ3v) is 4.92. The van der Waals surface area contributed by atoms with E-state index >= 15 is 0 Å². The summed E-state index contributed by atoms with van der Waals surface area (Å²) in [7, 11) is 3.06. The summed E-state index contributed by atoms with van der Waals surface area (Å²) in [6, 6.07) is 13.2. The van der Waals surface area contributed by atoms with E-state index in [9.17, 15) is 9.59 Å². The van der Waals surface area contributed by atoms with Gasteiger partial charge >= 0.3 is 11.6 Å². The summed E-state index contributed by atoms with van der Waals surface area (Å²) in [4.78, 5) is 24.8. The van der Waals surface area contributed by atoms with Gasteiger partial charge in [-0.05, 0) is 36.4 Å². The number of nitrogens with zero attached hydrogens (tertiary/aromatic N) is 1. The van der Waals surface area contributed by atoms with Gasteiger partial charge < -0.3 is 23.2 Å². The number of hydrogen-bond donors (Lipinski definition) is 0. The SMILES string of the molecule is COc1ccc(OC)c(-c2cc3ccc(OC(=O)CCc4cc(Cl)no4)cc3oc2=O)c1. The van der Waals surface area contributed by atoms with Crippen LogP contribution in [0.1, 0.15) is 12.2 Å². The summed E-state index contributed by atoms with van der Waals surface area (Å²) in [6.07, 6.45) is 0.370. The number of aryl methyl sites for hydroxylation is 1. The lowest BCUT2D eigenvalue weighted by atomic mass is 10.0. The zero-order chi connectivity index (χ0) is 22.7. The first-order chi connectivity index (χ1) is 15.5. The molecule has 0 amide bonds. The molecule has 0 aliphatic heterocycles. The van der Waals surface area contributed by atoms with Gasteiger partial charge in [0.2, 0.25) is 0 Å². The quantitative estimate of drug-likeness (QED) is 0.225. The lowest BCUT2D eigenvalue weighted by molar-refractivity contribution is -0.134. The molecule has 32 heavy (non-hydrogen) atoms. The van der Waals surface area contributed by atoms with Crippen LogP contribution in [-0.4, -0.2) is 25.3 Å². The van der Waals surface area contributed by atoms with E-state index in [1.165, 1.54) is 26.4 Å². The number of carbonyl (C=O) groups excluding carboxylic acids is 1. The molecule has 0 saturated heterocycles. The minimum atomic E-state index is -0.560. The Bertz CT molecular complexity index is 1340. The Labute approximate surface area is 187 Å². The van der Waals surface area contributed by atoms with Crippen molar-refractivity contribution >= 4 is 28.5 Å². The maximum absolute atomic E-state index is 12.7. The fourth-order valence-corrected chi connectivity index (χ4v) is 3.34. The van der Waals surface area contributed by atoms with Crippen molar-refractivity contribution in [1.82, 2.24) is 5.16 Å². The second kappa shape index (κ2) is 9.15. The van der Waals surface area contributed by atoms with E-state index in [0.717, 1.165) is 0 Å². The van der Waals surface area contributed by atoms with Crippen LogP contribution in [0.15, 0.2) is 62.3 Å². The summed E-state index contributed by atoms with van der Waals surface area (Å²) < 4.78 is 26.4. The van der Waals surface area contributed by atoms with Gasteiger partial charge in [0, 0.05) is 29.5 Å². The number of methoxy groups -OCH3 is 2. The van der Waals surface area contributed by atoms with Crippen molar-refractivity contribution in [2.75, 3.05) is 14.2 Å². The number of esters is 1. The summed E-state index contributed by atoms with van der Waals surface area (Å²) in [6.45, 7) is 0. The largest absolute Gasteiger partial charge is 0.497 e. The van der Waals surface area contributed by atoms with Gasteiger partial charge in [0.05, 0.1) is 26.2 Å². The van der Waals surface area contributed by atoms with E-state index in [0.29, 0.717) is 40.2 Å². The molecule has 0 unspecified atom stereocenters. The molecule has 0 spiro atoms. The van der Waals surface area contributed by atoms with E-state index in [-0.39, 0.29) is 22.9 Å². The fraction of sp³-hybridized carbons (Fsp3) is 0.174. The molecule has 0 aliphatic carbocycles. The molecule has 2 aromatic carbocycles. The molecular weight excluding hydrogens is 438 g/mol. The van der Waals surface area contributed by atoms with Crippen molar-refractivity contribution in [3.8, 4) is 28.4 Å². The second-order valence-corrected chi connectivity index (χ2v) is 7.19. The monoisotopic (exact) mass is 455 g/mol. The third kappa shape index (κ3) is 4.60. The Kier molecular flexibility index (Phi) is 6.13. The van der Waals surface area contributed by atoms with Crippen molar-refractivity contribution in [3.63, 3.8) is 0 Å². The summed E-state index contributed by atoms with van der Waals surface area (Å²) in [5.74, 6) is 1.35. The molecule has 4 rings (SSSR count). The zero-order valence-corrected chi connectivity index (χ0v) is 18.0. The predicted molar refractivity (Wildman–Crippen MR) is 116 cm³/mol. The summed E-state index contributed by atoms with van der Waals surface area (Å²) in [5.41, 5.74) is 0.594. The van der Waals surface area contributed by atoms with Crippen molar-refractivity contribution < 1.29 is 27.9 Å². The van der Waals surface area contributed by atoms with Gasteiger partial charge in [-0.3, -0.25) is 4.79 Å². The second-order valence-electron chi connectivity index (χ2n) is 6.80. The predicted octanol–water partition coefficient (Wildman–Crippen LogP) is 4.66. The highest BCUT2D eigenvalue weighted by molar-refractivity contribution is 6.29. The Morgan fingerprint density at radius 3 is 2.53 bits per heavy atom. The van der Waals surface area contributed by atoms with Crippen molar-refractivity contribution in [2.45, 2.75) is 12.8 Å². The average Bonchev–Trinajstić information content (AvgIpc) is 3.22. The number of rotatable bonds is 7. The first-order valence-corrected chi connectivity index (χ1v) is 9.96. The average molecular weight is 456 g/mol. The van der Waals surface area contributed by atoms with E-state index in [4.69, 9.17) is 34.8 Å². The standard InChI is InChI=1S/C23H18ClNO7/c1-28-14-5-7-19(29-2)17(10-14)18-9-13-3-4-15(11-20(13)31-23(18)27)30-22(26)8-6-16-12-21(24)25-32-16/h3-5,7,9-12H,6,8H2,1-2H3. The number of hydrogen-bond acceptors (Lipinski definition) is 8. The number of carbonyl (C=O) groups is 1. The highest BCUT2D eigenvalue weighted by atomic mass is 35.5. The molecular formula is C23H18ClNO7. The lowest BCUT2D eigenvalue weighted by Crippen LogP contribution is -2.09. The first kappa shape index (κ1) is 21.5. The summed E-state index contributed by atoms with van der Waals surface area (Å²) in [5, 5.41) is 4.43. The first-order valence-electron chi connectivity index (χ1n) is 9.59. The van der Waals surface area contributed by atoms with Crippen LogP contribution < -0.4 is 19.8 Å². The van der Waals surface area contributed by atoms with Crippen LogP contribution in [0.3, 0.4) is 0 Å². The molecule has 0 radical (unpaired) electrons. The molecule has 0 atom stereocenters. The molecule has 0 fully saturated rings. The van der Waals surface area contributed by atoms with E-state index in [1.54, 1.807) is 36.4 Å². The number of ether oxygens (including phenoxy) is 3. The minimum Gasteiger partial charge on any atom is -0.497 e. The topological polar surface area (TPSA) is 101 Å². The molecule has 9 heteroatoms. The lowest BCUT2D eigenvalue weighted by Gasteiger charge is -2.10. The Morgan fingerprint density at radius 1 is 1.00 bits per heavy atom. The maximum Gasteiger partial charge on any atom is 0.344 e. The smallest absolute Gasteiger partial charge is 0.344 e. The van der Waals surface area contributed by atoms with Crippen LogP contribution in [0.2, 0.25) is 5.15 Å². The van der Waals surface area contributed by atoms with Crippen LogP contribution in [0.25, 0.3) is 22.1 Å². The fourth-order valence-electron chi connectivity index (χ4n) is 3.18. The van der Waals surface area contributed by atoms with E-state index < -0.39 is 11.6 Å². The Hall–Kier alpha value is -3.78. The number of halogens is 1. The van der Waals surface area contributed by atoms with E-state index in [1.807, 2.05) is 0 Å². The molecule has 0 saturated carbocycles. The van der Waals surface area contributed by atoms with Crippen molar-refractivity contribution in [1.29, 1.82) is 0 Å². The van der Waals surface area contributed by atoms with Crippen LogP contribution in [0.5, 0.6) is 17.2 Å². The van der Waals surface area contributed by atoms with Gasteiger partial charge in [0.15, 0.2) is 5.15 Å². The molecule has 2 heterocycles. The van der Waals surface area contributed by atoms with E-state index in [2.05, 4.69) is 5.16 Å². The molecule has 8 nitrogen and oxygen atoms in total. The number of fused-ring (bicyclic) bond motifs is 1. The normalized spacial score (nSPS) is 10.8. The van der Waals surface area contributed by atoms with Gasteiger partial charge in [0.25, 0.3) is 0 Å². The van der Waals surface area contributed by atoms with Crippen LogP contribution >= 0.6 is 11.6 Å². The van der Waals surface area contributed by atoms with Crippen LogP contribution in [0.4, 0.5) is 0 Å². The van der Waals surface area contributed by atoms with Gasteiger partial charge in [-0.2, -0.15) is 0 Å². The third-order valence-electron chi connectivity index (χ3n) is 4.74. The van der Waals surface area contributed by atoms with Crippen LogP contribution in [-0.2, 0) is 11.2 Å².